The lowest BCUT2D eigenvalue weighted by molar-refractivity contribution is 0.0940. The fourth-order valence-corrected chi connectivity index (χ4v) is 2.33. The zero-order valence-corrected chi connectivity index (χ0v) is 10.1. The Hall–Kier alpha value is -1.22. The topological polar surface area (TPSA) is 29.1 Å². The molecule has 0 aromatic heterocycles. The van der Waals surface area contributed by atoms with E-state index in [0.29, 0.717) is 5.56 Å². The Morgan fingerprint density at radius 1 is 1.29 bits per heavy atom. The summed E-state index contributed by atoms with van der Waals surface area (Å²) in [5.41, 5.74) is 1.28. The fraction of sp³-hybridized carbons (Fsp3) is 0.500. The molecule has 0 radical (unpaired) electrons. The maximum atomic E-state index is 13.3. The maximum absolute atomic E-state index is 13.3. The van der Waals surface area contributed by atoms with Crippen LogP contribution in [0.2, 0.25) is 0 Å². The summed E-state index contributed by atoms with van der Waals surface area (Å²) in [6.45, 7) is 2.69. The van der Waals surface area contributed by atoms with Gasteiger partial charge in [0.05, 0.1) is 6.04 Å². The second-order valence-electron chi connectivity index (χ2n) is 4.74. The Balaban J connectivity index is 2.17. The van der Waals surface area contributed by atoms with Crippen molar-refractivity contribution in [2.75, 3.05) is 6.54 Å². The highest BCUT2D eigenvalue weighted by atomic mass is 19.1. The summed E-state index contributed by atoms with van der Waals surface area (Å²) in [5, 5.41) is 3.25. The van der Waals surface area contributed by atoms with E-state index in [-0.39, 0.29) is 17.6 Å². The van der Waals surface area contributed by atoms with Crippen LogP contribution in [0.4, 0.5) is 4.39 Å². The van der Waals surface area contributed by atoms with Crippen LogP contribution < -0.4 is 5.32 Å². The number of benzene rings is 1. The third kappa shape index (κ3) is 3.13. The van der Waals surface area contributed by atoms with E-state index < -0.39 is 0 Å². The van der Waals surface area contributed by atoms with Gasteiger partial charge in [0.15, 0.2) is 5.78 Å². The summed E-state index contributed by atoms with van der Waals surface area (Å²) < 4.78 is 13.3. The predicted molar refractivity (Wildman–Crippen MR) is 65.7 cm³/mol. The van der Waals surface area contributed by atoms with E-state index in [1.165, 1.54) is 18.6 Å². The van der Waals surface area contributed by atoms with E-state index >= 15 is 0 Å². The second-order valence-corrected chi connectivity index (χ2v) is 4.74. The van der Waals surface area contributed by atoms with Crippen molar-refractivity contribution in [1.82, 2.24) is 5.32 Å². The summed E-state index contributed by atoms with van der Waals surface area (Å²) in [6.07, 6.45) is 4.21. The molecule has 92 valence electrons. The Labute approximate surface area is 101 Å². The van der Waals surface area contributed by atoms with E-state index in [9.17, 15) is 9.18 Å². The largest absolute Gasteiger partial charge is 0.307 e. The van der Waals surface area contributed by atoms with E-state index in [2.05, 4.69) is 5.32 Å². The molecule has 1 aromatic carbocycles. The van der Waals surface area contributed by atoms with Gasteiger partial charge >= 0.3 is 0 Å². The van der Waals surface area contributed by atoms with Gasteiger partial charge in [-0.15, -0.1) is 0 Å². The Morgan fingerprint density at radius 2 is 2.12 bits per heavy atom. The molecule has 3 heteroatoms. The van der Waals surface area contributed by atoms with Crippen molar-refractivity contribution in [2.24, 2.45) is 0 Å². The zero-order valence-electron chi connectivity index (χ0n) is 10.1. The minimum absolute atomic E-state index is 0.0227. The van der Waals surface area contributed by atoms with Crippen LogP contribution in [0.5, 0.6) is 0 Å². The highest BCUT2D eigenvalue weighted by Gasteiger charge is 2.21. The molecule has 0 spiro atoms. The first kappa shape index (κ1) is 12.2. The summed E-state index contributed by atoms with van der Waals surface area (Å²) in [5.74, 6) is -0.309. The molecule has 2 rings (SSSR count). The highest BCUT2D eigenvalue weighted by Crippen LogP contribution is 2.15. The highest BCUT2D eigenvalue weighted by molar-refractivity contribution is 6.00. The Bertz CT molecular complexity index is 388. The fourth-order valence-electron chi connectivity index (χ4n) is 2.33. The van der Waals surface area contributed by atoms with Gasteiger partial charge in [-0.3, -0.25) is 4.79 Å². The maximum Gasteiger partial charge on any atom is 0.179 e. The molecule has 0 aliphatic carbocycles. The lowest BCUT2D eigenvalue weighted by Gasteiger charge is -2.14. The number of aryl methyl sites for hydroxylation is 1. The molecule has 1 aliphatic rings. The average molecular weight is 235 g/mol. The van der Waals surface area contributed by atoms with E-state index in [1.807, 2.05) is 0 Å². The minimum Gasteiger partial charge on any atom is -0.307 e. The smallest absolute Gasteiger partial charge is 0.179 e. The molecule has 1 N–H and O–H groups in total. The summed E-state index contributed by atoms with van der Waals surface area (Å²) in [7, 11) is 0. The third-order valence-electron chi connectivity index (χ3n) is 3.20. The van der Waals surface area contributed by atoms with Gasteiger partial charge in [-0.25, -0.2) is 4.39 Å². The van der Waals surface area contributed by atoms with Crippen LogP contribution in [0, 0.1) is 12.7 Å². The van der Waals surface area contributed by atoms with Gasteiger partial charge in [-0.2, -0.15) is 0 Å². The molecule has 1 fully saturated rings. The molecular weight excluding hydrogens is 217 g/mol. The molecule has 1 heterocycles. The normalized spacial score (nSPS) is 20.9. The van der Waals surface area contributed by atoms with Gasteiger partial charge in [-0.05, 0) is 50.1 Å². The van der Waals surface area contributed by atoms with Gasteiger partial charge in [0.25, 0.3) is 0 Å². The standard InChI is InChI=1S/C14H18FNO/c1-10-7-11(9-12(15)8-10)14(17)13-5-3-2-4-6-16-13/h7-9,13,16H,2-6H2,1H3. The van der Waals surface area contributed by atoms with E-state index in [0.717, 1.165) is 31.4 Å². The van der Waals surface area contributed by atoms with E-state index in [1.54, 1.807) is 13.0 Å². The third-order valence-corrected chi connectivity index (χ3v) is 3.20. The lowest BCUT2D eigenvalue weighted by atomic mass is 9.99. The number of Topliss-reactive ketones (excluding diaryl/α,β-unsaturated/α-hetero) is 1. The van der Waals surface area contributed by atoms with Crippen molar-refractivity contribution in [3.63, 3.8) is 0 Å². The number of rotatable bonds is 2. The predicted octanol–water partition coefficient (Wildman–Crippen LogP) is 2.85. The number of ketones is 1. The van der Waals surface area contributed by atoms with Gasteiger partial charge in [0, 0.05) is 5.56 Å². The van der Waals surface area contributed by atoms with Gasteiger partial charge < -0.3 is 5.32 Å². The van der Waals surface area contributed by atoms with Crippen LogP contribution >= 0.6 is 0 Å². The number of hydrogen-bond donors (Lipinski definition) is 1. The van der Waals surface area contributed by atoms with Crippen molar-refractivity contribution in [2.45, 2.75) is 38.6 Å². The molecule has 17 heavy (non-hydrogen) atoms. The summed E-state index contributed by atoms with van der Waals surface area (Å²) >= 11 is 0. The SMILES string of the molecule is Cc1cc(F)cc(C(=O)C2CCCCCN2)c1. The number of carbonyl (C=O) groups is 1. The first-order valence-corrected chi connectivity index (χ1v) is 6.21. The van der Waals surface area contributed by atoms with Crippen molar-refractivity contribution in [3.05, 3.63) is 35.1 Å². The Morgan fingerprint density at radius 3 is 2.88 bits per heavy atom. The van der Waals surface area contributed by atoms with Crippen molar-refractivity contribution in [1.29, 1.82) is 0 Å². The number of halogens is 1. The number of carbonyl (C=O) groups excluding carboxylic acids is 1. The van der Waals surface area contributed by atoms with Crippen LogP contribution in [0.15, 0.2) is 18.2 Å². The monoisotopic (exact) mass is 235 g/mol. The van der Waals surface area contributed by atoms with Crippen molar-refractivity contribution < 1.29 is 9.18 Å². The number of nitrogens with one attached hydrogen (secondary N) is 1. The molecule has 1 aromatic rings. The quantitative estimate of drug-likeness (QED) is 0.799. The zero-order chi connectivity index (χ0) is 12.3. The first-order valence-electron chi connectivity index (χ1n) is 6.21. The molecule has 1 aliphatic heterocycles. The molecule has 0 amide bonds. The molecule has 1 unspecified atom stereocenters. The molecule has 2 nitrogen and oxygen atoms in total. The number of hydrogen-bond acceptors (Lipinski definition) is 2. The summed E-state index contributed by atoms with van der Waals surface area (Å²) in [6, 6.07) is 4.40. The molecule has 1 atom stereocenters. The van der Waals surface area contributed by atoms with Gasteiger partial charge in [0.2, 0.25) is 0 Å². The van der Waals surface area contributed by atoms with Crippen LogP contribution in [-0.2, 0) is 0 Å². The van der Waals surface area contributed by atoms with Gasteiger partial charge in [0.1, 0.15) is 5.82 Å². The Kier molecular flexibility index (Phi) is 3.89. The first-order chi connectivity index (χ1) is 8.16. The molecule has 0 saturated carbocycles. The minimum atomic E-state index is -0.332. The van der Waals surface area contributed by atoms with Gasteiger partial charge in [-0.1, -0.05) is 12.8 Å². The van der Waals surface area contributed by atoms with Crippen molar-refractivity contribution in [3.8, 4) is 0 Å². The lowest BCUT2D eigenvalue weighted by Crippen LogP contribution is -2.36. The van der Waals surface area contributed by atoms with E-state index in [4.69, 9.17) is 0 Å². The van der Waals surface area contributed by atoms with Crippen molar-refractivity contribution >= 4 is 5.78 Å². The van der Waals surface area contributed by atoms with Crippen LogP contribution in [0.3, 0.4) is 0 Å². The second kappa shape index (κ2) is 5.41. The average Bonchev–Trinajstić information content (AvgIpc) is 2.55. The van der Waals surface area contributed by atoms with Crippen LogP contribution in [0.1, 0.15) is 41.6 Å². The van der Waals surface area contributed by atoms with Crippen LogP contribution in [0.25, 0.3) is 0 Å². The molecular formula is C14H18FNO. The molecule has 0 bridgehead atoms. The molecule has 1 saturated heterocycles. The summed E-state index contributed by atoms with van der Waals surface area (Å²) in [4.78, 5) is 12.2. The van der Waals surface area contributed by atoms with Crippen LogP contribution in [-0.4, -0.2) is 18.4 Å².